The average molecular weight is 326 g/mol. The van der Waals surface area contributed by atoms with Gasteiger partial charge >= 0.3 is 0 Å². The van der Waals surface area contributed by atoms with Crippen LogP contribution in [0.3, 0.4) is 0 Å². The molecule has 1 aliphatic carbocycles. The van der Waals surface area contributed by atoms with E-state index in [1.807, 2.05) is 0 Å². The summed E-state index contributed by atoms with van der Waals surface area (Å²) in [6.45, 7) is 3.94. The van der Waals surface area contributed by atoms with Crippen molar-refractivity contribution < 1.29 is 14.2 Å². The van der Waals surface area contributed by atoms with Gasteiger partial charge in [0.25, 0.3) is 0 Å². The van der Waals surface area contributed by atoms with Crippen LogP contribution in [0.1, 0.15) is 19.3 Å². The molecular formula is C11H19IO3. The van der Waals surface area contributed by atoms with Crippen molar-refractivity contribution in [1.82, 2.24) is 0 Å². The second kappa shape index (κ2) is 6.37. The van der Waals surface area contributed by atoms with Crippen LogP contribution in [-0.2, 0) is 14.2 Å². The average Bonchev–Trinajstić information content (AvgIpc) is 2.55. The van der Waals surface area contributed by atoms with E-state index in [1.165, 1.54) is 19.3 Å². The smallest absolute Gasteiger partial charge is 0.0949 e. The Morgan fingerprint density at radius 1 is 1.20 bits per heavy atom. The number of halogens is 1. The topological polar surface area (TPSA) is 27.7 Å². The lowest BCUT2D eigenvalue weighted by Gasteiger charge is -2.25. The van der Waals surface area contributed by atoms with E-state index < -0.39 is 0 Å². The number of hydrogen-bond acceptors (Lipinski definition) is 3. The van der Waals surface area contributed by atoms with E-state index in [-0.39, 0.29) is 6.10 Å². The van der Waals surface area contributed by atoms with Crippen LogP contribution < -0.4 is 0 Å². The highest BCUT2D eigenvalue weighted by atomic mass is 127. The van der Waals surface area contributed by atoms with Crippen molar-refractivity contribution in [3.63, 3.8) is 0 Å². The highest BCUT2D eigenvalue weighted by Gasteiger charge is 2.26. The molecule has 1 saturated carbocycles. The highest BCUT2D eigenvalue weighted by molar-refractivity contribution is 14.1. The second-order valence-corrected chi connectivity index (χ2v) is 5.93. The fourth-order valence-electron chi connectivity index (χ4n) is 1.83. The van der Waals surface area contributed by atoms with Crippen molar-refractivity contribution in [2.75, 3.05) is 33.0 Å². The van der Waals surface area contributed by atoms with Crippen LogP contribution in [0.25, 0.3) is 0 Å². The summed E-state index contributed by atoms with van der Waals surface area (Å²) < 4.78 is 17.1. The lowest BCUT2D eigenvalue weighted by atomic mass is 9.86. The van der Waals surface area contributed by atoms with Crippen LogP contribution in [0.15, 0.2) is 0 Å². The fourth-order valence-corrected chi connectivity index (χ4v) is 2.50. The van der Waals surface area contributed by atoms with E-state index in [4.69, 9.17) is 14.2 Å². The molecule has 88 valence electrons. The van der Waals surface area contributed by atoms with Gasteiger partial charge in [0.2, 0.25) is 0 Å². The lowest BCUT2D eigenvalue weighted by Crippen LogP contribution is -2.25. The van der Waals surface area contributed by atoms with E-state index in [0.29, 0.717) is 10.5 Å². The predicted molar refractivity (Wildman–Crippen MR) is 66.5 cm³/mol. The summed E-state index contributed by atoms with van der Waals surface area (Å²) in [6, 6.07) is 0. The minimum atomic E-state index is 0.276. The molecule has 0 spiro atoms. The Balaban J connectivity index is 1.44. The summed E-state index contributed by atoms with van der Waals surface area (Å²) in [4.78, 5) is 0. The molecule has 3 nitrogen and oxygen atoms in total. The maximum atomic E-state index is 5.69. The van der Waals surface area contributed by atoms with Gasteiger partial charge in [-0.05, 0) is 18.8 Å². The van der Waals surface area contributed by atoms with Gasteiger partial charge in [0.1, 0.15) is 0 Å². The molecule has 0 bridgehead atoms. The Morgan fingerprint density at radius 2 is 2.07 bits per heavy atom. The Kier molecular flexibility index (Phi) is 5.13. The summed E-state index contributed by atoms with van der Waals surface area (Å²) in [5.74, 6) is 0.831. The third-order valence-corrected chi connectivity index (χ3v) is 4.26. The van der Waals surface area contributed by atoms with E-state index in [0.717, 1.165) is 32.3 Å². The van der Waals surface area contributed by atoms with Crippen LogP contribution in [0, 0.1) is 5.92 Å². The molecule has 1 saturated heterocycles. The predicted octanol–water partition coefficient (Wildman–Crippen LogP) is 2.02. The standard InChI is InChI=1S/C11H19IO3/c12-10-7-14-8-11(10)15-5-4-13-6-9-2-1-3-9/h9-11H,1-8H2. The molecule has 0 N–H and O–H groups in total. The lowest BCUT2D eigenvalue weighted by molar-refractivity contribution is -0.0105. The largest absolute Gasteiger partial charge is 0.379 e. The maximum Gasteiger partial charge on any atom is 0.0949 e. The van der Waals surface area contributed by atoms with Crippen molar-refractivity contribution >= 4 is 22.6 Å². The first-order chi connectivity index (χ1) is 7.36. The van der Waals surface area contributed by atoms with Gasteiger partial charge in [-0.3, -0.25) is 0 Å². The minimum Gasteiger partial charge on any atom is -0.379 e. The van der Waals surface area contributed by atoms with E-state index >= 15 is 0 Å². The minimum absolute atomic E-state index is 0.276. The van der Waals surface area contributed by atoms with Gasteiger partial charge in [-0.25, -0.2) is 0 Å². The summed E-state index contributed by atoms with van der Waals surface area (Å²) in [7, 11) is 0. The SMILES string of the molecule is IC1COCC1OCCOCC1CCC1. The molecule has 15 heavy (non-hydrogen) atoms. The van der Waals surface area contributed by atoms with Crippen molar-refractivity contribution in [2.45, 2.75) is 29.3 Å². The van der Waals surface area contributed by atoms with Crippen LogP contribution >= 0.6 is 22.6 Å². The quantitative estimate of drug-likeness (QED) is 0.425. The van der Waals surface area contributed by atoms with Crippen LogP contribution in [0.4, 0.5) is 0 Å². The molecule has 2 aliphatic rings. The Hall–Kier alpha value is 0.610. The maximum absolute atomic E-state index is 5.69. The third-order valence-electron chi connectivity index (χ3n) is 3.10. The van der Waals surface area contributed by atoms with E-state index in [9.17, 15) is 0 Å². The molecule has 0 radical (unpaired) electrons. The molecule has 2 fully saturated rings. The van der Waals surface area contributed by atoms with Gasteiger partial charge in [0.15, 0.2) is 0 Å². The second-order valence-electron chi connectivity index (χ2n) is 4.33. The normalized spacial score (nSPS) is 31.8. The van der Waals surface area contributed by atoms with Crippen molar-refractivity contribution in [3.05, 3.63) is 0 Å². The molecule has 0 aromatic rings. The summed E-state index contributed by atoms with van der Waals surface area (Å²) in [6.07, 6.45) is 4.37. The van der Waals surface area contributed by atoms with Crippen molar-refractivity contribution in [3.8, 4) is 0 Å². The molecule has 0 aromatic carbocycles. The van der Waals surface area contributed by atoms with Gasteiger partial charge in [-0.2, -0.15) is 0 Å². The molecule has 0 amide bonds. The molecule has 1 aliphatic heterocycles. The van der Waals surface area contributed by atoms with E-state index in [1.54, 1.807) is 0 Å². The Morgan fingerprint density at radius 3 is 2.67 bits per heavy atom. The van der Waals surface area contributed by atoms with Crippen molar-refractivity contribution in [1.29, 1.82) is 0 Å². The molecule has 4 heteroatoms. The third kappa shape index (κ3) is 3.84. The van der Waals surface area contributed by atoms with Gasteiger partial charge < -0.3 is 14.2 Å². The summed E-state index contributed by atoms with van der Waals surface area (Å²) in [5.41, 5.74) is 0. The van der Waals surface area contributed by atoms with Crippen LogP contribution in [0.2, 0.25) is 0 Å². The zero-order valence-electron chi connectivity index (χ0n) is 8.99. The van der Waals surface area contributed by atoms with Gasteiger partial charge in [-0.1, -0.05) is 29.0 Å². The monoisotopic (exact) mass is 326 g/mol. The Labute approximate surface area is 105 Å². The Bertz CT molecular complexity index is 185. The van der Waals surface area contributed by atoms with Crippen LogP contribution in [0.5, 0.6) is 0 Å². The fraction of sp³-hybridized carbons (Fsp3) is 1.00. The first kappa shape index (κ1) is 12.1. The van der Waals surface area contributed by atoms with Crippen molar-refractivity contribution in [2.24, 2.45) is 5.92 Å². The van der Waals surface area contributed by atoms with Gasteiger partial charge in [-0.15, -0.1) is 0 Å². The first-order valence-electron chi connectivity index (χ1n) is 5.77. The summed E-state index contributed by atoms with van der Waals surface area (Å²) in [5, 5.41) is 0. The number of alkyl halides is 1. The molecule has 2 atom stereocenters. The molecule has 2 rings (SSSR count). The zero-order chi connectivity index (χ0) is 10.5. The van der Waals surface area contributed by atoms with Gasteiger partial charge in [0.05, 0.1) is 36.5 Å². The number of hydrogen-bond donors (Lipinski definition) is 0. The molecule has 0 aromatic heterocycles. The van der Waals surface area contributed by atoms with Crippen LogP contribution in [-0.4, -0.2) is 43.1 Å². The number of ether oxygens (including phenoxy) is 3. The first-order valence-corrected chi connectivity index (χ1v) is 7.02. The summed E-state index contributed by atoms with van der Waals surface area (Å²) >= 11 is 2.39. The molecule has 1 heterocycles. The number of rotatable bonds is 6. The van der Waals surface area contributed by atoms with E-state index in [2.05, 4.69) is 22.6 Å². The molecular weight excluding hydrogens is 307 g/mol. The highest BCUT2D eigenvalue weighted by Crippen LogP contribution is 2.26. The zero-order valence-corrected chi connectivity index (χ0v) is 11.1. The molecule has 2 unspecified atom stereocenters. The van der Waals surface area contributed by atoms with Gasteiger partial charge in [0, 0.05) is 6.61 Å².